The molecule has 10 heteroatoms. The van der Waals surface area contributed by atoms with Crippen LogP contribution in [-0.2, 0) is 9.47 Å². The summed E-state index contributed by atoms with van der Waals surface area (Å²) in [7, 11) is 2.20. The van der Waals surface area contributed by atoms with Crippen molar-refractivity contribution in [1.82, 2.24) is 0 Å². The smallest absolute Gasteiger partial charge is 0.342 e. The number of carboxylic acids is 2. The van der Waals surface area contributed by atoms with Crippen LogP contribution in [0.2, 0.25) is 0 Å². The van der Waals surface area contributed by atoms with Crippen LogP contribution in [0.4, 0.5) is 0 Å². The summed E-state index contributed by atoms with van der Waals surface area (Å²) < 4.78 is 9.22. The molecule has 0 unspecified atom stereocenters. The van der Waals surface area contributed by atoms with E-state index in [1.807, 2.05) is 0 Å². The van der Waals surface area contributed by atoms with E-state index in [-0.39, 0.29) is 16.9 Å². The fourth-order valence-corrected chi connectivity index (χ4v) is 2.28. The van der Waals surface area contributed by atoms with Crippen molar-refractivity contribution in [3.63, 3.8) is 0 Å². The zero-order valence-electron chi connectivity index (χ0n) is 14.6. The molecule has 2 aromatic rings. The SMILES string of the molecule is COC(=O)c1cccc(OOc2cccc(C(=O)O)c2C(=O)O)c1C(=O)OC. The molecule has 0 aliphatic heterocycles. The van der Waals surface area contributed by atoms with Gasteiger partial charge in [-0.3, -0.25) is 9.78 Å². The van der Waals surface area contributed by atoms with Crippen molar-refractivity contribution in [3.05, 3.63) is 58.7 Å². The number of carboxylic acid groups (broad SMARTS) is 2. The summed E-state index contributed by atoms with van der Waals surface area (Å²) in [4.78, 5) is 56.6. The molecule has 0 atom stereocenters. The predicted octanol–water partition coefficient (Wildman–Crippen LogP) is 2.03. The highest BCUT2D eigenvalue weighted by molar-refractivity contribution is 6.05. The Labute approximate surface area is 157 Å². The Morgan fingerprint density at radius 2 is 1.18 bits per heavy atom. The molecule has 0 saturated carbocycles. The van der Waals surface area contributed by atoms with E-state index < -0.39 is 40.8 Å². The Hall–Kier alpha value is -4.08. The fraction of sp³-hybridized carbons (Fsp3) is 0.111. The molecule has 0 saturated heterocycles. The lowest BCUT2D eigenvalue weighted by atomic mass is 10.1. The summed E-state index contributed by atoms with van der Waals surface area (Å²) in [5, 5.41) is 18.4. The fourth-order valence-electron chi connectivity index (χ4n) is 2.28. The Morgan fingerprint density at radius 3 is 1.64 bits per heavy atom. The number of carbonyl (C=O) groups is 4. The van der Waals surface area contributed by atoms with Crippen molar-refractivity contribution in [2.45, 2.75) is 0 Å². The summed E-state index contributed by atoms with van der Waals surface area (Å²) in [5.74, 6) is -5.51. The third-order valence-corrected chi connectivity index (χ3v) is 3.51. The van der Waals surface area contributed by atoms with Crippen LogP contribution in [0.5, 0.6) is 11.5 Å². The van der Waals surface area contributed by atoms with Gasteiger partial charge in [0.2, 0.25) is 0 Å². The van der Waals surface area contributed by atoms with Gasteiger partial charge in [0.05, 0.1) is 25.3 Å². The summed E-state index contributed by atoms with van der Waals surface area (Å²) in [6, 6.07) is 7.41. The minimum Gasteiger partial charge on any atom is -0.478 e. The number of benzene rings is 2. The van der Waals surface area contributed by atoms with Crippen molar-refractivity contribution in [2.75, 3.05) is 14.2 Å². The molecule has 2 aromatic carbocycles. The van der Waals surface area contributed by atoms with E-state index in [9.17, 15) is 24.3 Å². The van der Waals surface area contributed by atoms with Gasteiger partial charge in [-0.1, -0.05) is 12.1 Å². The maximum atomic E-state index is 12.1. The van der Waals surface area contributed by atoms with Gasteiger partial charge in [0.1, 0.15) is 11.1 Å². The van der Waals surface area contributed by atoms with Gasteiger partial charge in [-0.2, -0.15) is 0 Å². The van der Waals surface area contributed by atoms with Crippen LogP contribution in [0.15, 0.2) is 36.4 Å². The quantitative estimate of drug-likeness (QED) is 0.409. The van der Waals surface area contributed by atoms with Gasteiger partial charge in [-0.15, -0.1) is 0 Å². The van der Waals surface area contributed by atoms with Gasteiger partial charge in [-0.25, -0.2) is 19.2 Å². The number of esters is 2. The highest BCUT2D eigenvalue weighted by atomic mass is 17.2. The zero-order valence-corrected chi connectivity index (χ0v) is 14.6. The van der Waals surface area contributed by atoms with Crippen molar-refractivity contribution in [1.29, 1.82) is 0 Å². The summed E-state index contributed by atoms with van der Waals surface area (Å²) in [6.07, 6.45) is 0. The van der Waals surface area contributed by atoms with Crippen LogP contribution < -0.4 is 9.78 Å². The normalized spacial score (nSPS) is 9.93. The average Bonchev–Trinajstić information content (AvgIpc) is 2.70. The molecule has 28 heavy (non-hydrogen) atoms. The minimum atomic E-state index is -1.56. The summed E-state index contributed by atoms with van der Waals surface area (Å²) in [6.45, 7) is 0. The molecule has 0 aliphatic rings. The van der Waals surface area contributed by atoms with E-state index in [1.165, 1.54) is 24.3 Å². The number of ether oxygens (including phenoxy) is 2. The molecular formula is C18H14O10. The highest BCUT2D eigenvalue weighted by Crippen LogP contribution is 2.28. The van der Waals surface area contributed by atoms with Gasteiger partial charge in [0.25, 0.3) is 0 Å². The van der Waals surface area contributed by atoms with E-state index in [4.69, 9.17) is 14.9 Å². The molecule has 2 rings (SSSR count). The predicted molar refractivity (Wildman–Crippen MR) is 90.7 cm³/mol. The molecule has 0 spiro atoms. The largest absolute Gasteiger partial charge is 0.478 e. The van der Waals surface area contributed by atoms with Crippen molar-refractivity contribution in [2.24, 2.45) is 0 Å². The Balaban J connectivity index is 2.47. The van der Waals surface area contributed by atoms with Gasteiger partial charge in [-0.05, 0) is 24.3 Å². The first-order valence-corrected chi connectivity index (χ1v) is 7.55. The third kappa shape index (κ3) is 4.01. The summed E-state index contributed by atoms with van der Waals surface area (Å²) >= 11 is 0. The molecular weight excluding hydrogens is 376 g/mol. The number of methoxy groups -OCH3 is 2. The second-order valence-electron chi connectivity index (χ2n) is 5.12. The monoisotopic (exact) mass is 390 g/mol. The lowest BCUT2D eigenvalue weighted by Crippen LogP contribution is -2.16. The number of rotatable bonds is 7. The molecule has 0 amide bonds. The van der Waals surface area contributed by atoms with Crippen LogP contribution >= 0.6 is 0 Å². The van der Waals surface area contributed by atoms with Crippen molar-refractivity contribution < 1.29 is 48.6 Å². The van der Waals surface area contributed by atoms with Crippen molar-refractivity contribution in [3.8, 4) is 11.5 Å². The molecule has 0 radical (unpaired) electrons. The Kier molecular flexibility index (Phi) is 6.17. The average molecular weight is 390 g/mol. The maximum Gasteiger partial charge on any atom is 0.342 e. The first kappa shape index (κ1) is 20.2. The molecule has 0 aromatic heterocycles. The molecule has 0 fully saturated rings. The van der Waals surface area contributed by atoms with Crippen LogP contribution in [0.25, 0.3) is 0 Å². The molecule has 0 aliphatic carbocycles. The summed E-state index contributed by atoms with van der Waals surface area (Å²) in [5.41, 5.74) is -1.67. The third-order valence-electron chi connectivity index (χ3n) is 3.51. The Morgan fingerprint density at radius 1 is 0.679 bits per heavy atom. The number of hydrogen-bond donors (Lipinski definition) is 2. The highest BCUT2D eigenvalue weighted by Gasteiger charge is 2.26. The first-order chi connectivity index (χ1) is 13.3. The molecule has 0 bridgehead atoms. The lowest BCUT2D eigenvalue weighted by molar-refractivity contribution is -0.101. The molecule has 10 nitrogen and oxygen atoms in total. The van der Waals surface area contributed by atoms with E-state index in [0.717, 1.165) is 26.4 Å². The number of hydrogen-bond acceptors (Lipinski definition) is 8. The molecule has 2 N–H and O–H groups in total. The van der Waals surface area contributed by atoms with Crippen LogP contribution in [0, 0.1) is 0 Å². The maximum absolute atomic E-state index is 12.1. The van der Waals surface area contributed by atoms with Crippen LogP contribution in [0.3, 0.4) is 0 Å². The van der Waals surface area contributed by atoms with Gasteiger partial charge < -0.3 is 19.7 Å². The second-order valence-corrected chi connectivity index (χ2v) is 5.12. The molecule has 146 valence electrons. The Bertz CT molecular complexity index is 947. The van der Waals surface area contributed by atoms with Crippen molar-refractivity contribution >= 4 is 23.9 Å². The van der Waals surface area contributed by atoms with Gasteiger partial charge in [0.15, 0.2) is 11.5 Å². The topological polar surface area (TPSA) is 146 Å². The number of carbonyl (C=O) groups excluding carboxylic acids is 2. The van der Waals surface area contributed by atoms with Gasteiger partial charge in [0, 0.05) is 0 Å². The molecule has 0 heterocycles. The van der Waals surface area contributed by atoms with Gasteiger partial charge >= 0.3 is 23.9 Å². The van der Waals surface area contributed by atoms with Crippen LogP contribution in [0.1, 0.15) is 41.4 Å². The minimum absolute atomic E-state index is 0.173. The van der Waals surface area contributed by atoms with E-state index in [0.29, 0.717) is 0 Å². The first-order valence-electron chi connectivity index (χ1n) is 7.55. The van der Waals surface area contributed by atoms with Crippen LogP contribution in [-0.4, -0.2) is 48.3 Å². The van der Waals surface area contributed by atoms with E-state index in [2.05, 4.69) is 9.47 Å². The van der Waals surface area contributed by atoms with E-state index in [1.54, 1.807) is 0 Å². The lowest BCUT2D eigenvalue weighted by Gasteiger charge is -2.13. The van der Waals surface area contributed by atoms with E-state index >= 15 is 0 Å². The second kappa shape index (κ2) is 8.54. The number of aromatic carboxylic acids is 2. The zero-order chi connectivity index (χ0) is 20.8. The standard InChI is InChI=1S/C18H14O10/c1-25-17(23)10-6-4-8-12(14(10)18(24)26-2)28-27-11-7-3-5-9(15(19)20)13(11)16(21)22/h3-8H,1-2H3,(H,19,20)(H,21,22).